The summed E-state index contributed by atoms with van der Waals surface area (Å²) in [5.41, 5.74) is 0. The summed E-state index contributed by atoms with van der Waals surface area (Å²) in [5, 5.41) is 3.43. The van der Waals surface area contributed by atoms with Gasteiger partial charge >= 0.3 is 0 Å². The molecule has 1 heterocycles. The number of hydrogen-bond acceptors (Lipinski definition) is 5. The van der Waals surface area contributed by atoms with Crippen LogP contribution in [0.2, 0.25) is 0 Å². The lowest BCUT2D eigenvalue weighted by Gasteiger charge is -2.35. The van der Waals surface area contributed by atoms with Gasteiger partial charge in [-0.05, 0) is 26.2 Å². The molecule has 1 fully saturated rings. The van der Waals surface area contributed by atoms with Crippen molar-refractivity contribution in [3.05, 3.63) is 0 Å². The quantitative estimate of drug-likeness (QED) is 0.506. The summed E-state index contributed by atoms with van der Waals surface area (Å²) in [6.07, 6.45) is 0. The maximum Gasteiger partial charge on any atom is 0.0110 e. The average Bonchev–Trinajstić information content (AvgIpc) is 2.60. The lowest BCUT2D eigenvalue weighted by atomic mass is 10.3. The fraction of sp³-hybridized carbons (Fsp3) is 1.00. The van der Waals surface area contributed by atoms with Crippen molar-refractivity contribution in [1.29, 1.82) is 0 Å². The minimum atomic E-state index is 1.07. The molecule has 0 aromatic rings. The molecule has 5 heteroatoms. The molecule has 0 saturated carbocycles. The minimum Gasteiger partial charge on any atom is -0.316 e. The van der Waals surface area contributed by atoms with E-state index in [-0.39, 0.29) is 0 Å². The lowest BCUT2D eigenvalue weighted by molar-refractivity contribution is 0.120. The molecule has 0 aromatic heterocycles. The normalized spacial score (nSPS) is 17.5. The zero-order valence-electron chi connectivity index (χ0n) is 16.2. The third kappa shape index (κ3) is 9.01. The van der Waals surface area contributed by atoms with Crippen molar-refractivity contribution < 1.29 is 0 Å². The van der Waals surface area contributed by atoms with Gasteiger partial charge in [-0.1, -0.05) is 27.7 Å². The number of hydrogen-bond donors (Lipinski definition) is 1. The second-order valence-electron chi connectivity index (χ2n) is 6.50. The van der Waals surface area contributed by atoms with Gasteiger partial charge in [-0.3, -0.25) is 4.90 Å². The van der Waals surface area contributed by atoms with E-state index in [4.69, 9.17) is 0 Å². The zero-order chi connectivity index (χ0) is 16.9. The first kappa shape index (κ1) is 20.8. The SMILES string of the molecule is CCNCCN(CC)CCN(CC)CCN1CCN(CC)CC1. The summed E-state index contributed by atoms with van der Waals surface area (Å²) >= 11 is 0. The van der Waals surface area contributed by atoms with Crippen molar-refractivity contribution in [3.8, 4) is 0 Å². The van der Waals surface area contributed by atoms with E-state index in [0.29, 0.717) is 0 Å². The van der Waals surface area contributed by atoms with E-state index in [1.807, 2.05) is 0 Å². The Morgan fingerprint density at radius 1 is 0.739 bits per heavy atom. The second kappa shape index (κ2) is 13.1. The molecule has 1 saturated heterocycles. The van der Waals surface area contributed by atoms with Crippen molar-refractivity contribution in [2.24, 2.45) is 0 Å². The van der Waals surface area contributed by atoms with Crippen LogP contribution < -0.4 is 5.32 Å². The van der Waals surface area contributed by atoms with Gasteiger partial charge in [-0.2, -0.15) is 0 Å². The maximum atomic E-state index is 3.43. The standard InChI is InChI=1S/C18H41N5/c1-5-19-9-10-20(6-2)11-12-21(7-3)13-16-23-17-14-22(8-4)15-18-23/h19H,5-18H2,1-4H3. The van der Waals surface area contributed by atoms with Crippen molar-refractivity contribution in [2.45, 2.75) is 27.7 Å². The fourth-order valence-electron chi connectivity index (χ4n) is 3.16. The third-order valence-electron chi connectivity index (χ3n) is 5.13. The Morgan fingerprint density at radius 3 is 1.83 bits per heavy atom. The lowest BCUT2D eigenvalue weighted by Crippen LogP contribution is -2.48. The summed E-state index contributed by atoms with van der Waals surface area (Å²) in [5.74, 6) is 0. The molecule has 0 radical (unpaired) electrons. The van der Waals surface area contributed by atoms with Gasteiger partial charge in [-0.15, -0.1) is 0 Å². The van der Waals surface area contributed by atoms with Crippen molar-refractivity contribution >= 4 is 0 Å². The molecule has 0 bridgehead atoms. The largest absolute Gasteiger partial charge is 0.316 e. The molecular weight excluding hydrogens is 286 g/mol. The molecule has 1 aliphatic rings. The molecule has 0 aliphatic carbocycles. The van der Waals surface area contributed by atoms with Crippen LogP contribution in [0.1, 0.15) is 27.7 Å². The van der Waals surface area contributed by atoms with Gasteiger partial charge in [0.25, 0.3) is 0 Å². The van der Waals surface area contributed by atoms with Crippen LogP contribution in [0, 0.1) is 0 Å². The Balaban J connectivity index is 2.17. The van der Waals surface area contributed by atoms with Crippen LogP contribution in [0.4, 0.5) is 0 Å². The van der Waals surface area contributed by atoms with Gasteiger partial charge in [0.2, 0.25) is 0 Å². The van der Waals surface area contributed by atoms with E-state index in [1.165, 1.54) is 72.0 Å². The summed E-state index contributed by atoms with van der Waals surface area (Å²) in [6.45, 7) is 25.7. The highest BCUT2D eigenvalue weighted by atomic mass is 15.3. The molecule has 0 unspecified atom stereocenters. The Morgan fingerprint density at radius 2 is 1.30 bits per heavy atom. The predicted octanol–water partition coefficient (Wildman–Crippen LogP) is 0.877. The van der Waals surface area contributed by atoms with Crippen LogP contribution >= 0.6 is 0 Å². The molecule has 0 atom stereocenters. The van der Waals surface area contributed by atoms with Gasteiger partial charge in [0, 0.05) is 65.4 Å². The van der Waals surface area contributed by atoms with E-state index in [1.54, 1.807) is 0 Å². The molecule has 1 N–H and O–H groups in total. The summed E-state index contributed by atoms with van der Waals surface area (Å²) in [4.78, 5) is 10.4. The first-order valence-electron chi connectivity index (χ1n) is 9.83. The van der Waals surface area contributed by atoms with Gasteiger partial charge in [0.1, 0.15) is 0 Å². The third-order valence-corrected chi connectivity index (χ3v) is 5.13. The van der Waals surface area contributed by atoms with Crippen molar-refractivity contribution in [2.75, 3.05) is 91.6 Å². The number of likely N-dealkylation sites (N-methyl/N-ethyl adjacent to an activating group) is 4. The fourth-order valence-corrected chi connectivity index (χ4v) is 3.16. The van der Waals surface area contributed by atoms with E-state index >= 15 is 0 Å². The van der Waals surface area contributed by atoms with Crippen LogP contribution in [0.3, 0.4) is 0 Å². The zero-order valence-corrected chi connectivity index (χ0v) is 16.2. The molecular formula is C18H41N5. The smallest absolute Gasteiger partial charge is 0.0110 e. The van der Waals surface area contributed by atoms with Crippen LogP contribution in [-0.4, -0.2) is 111 Å². The van der Waals surface area contributed by atoms with Gasteiger partial charge in [0.05, 0.1) is 0 Å². The summed E-state index contributed by atoms with van der Waals surface area (Å²) < 4.78 is 0. The molecule has 0 amide bonds. The highest BCUT2D eigenvalue weighted by molar-refractivity contribution is 4.72. The molecule has 1 aliphatic heterocycles. The van der Waals surface area contributed by atoms with E-state index in [2.05, 4.69) is 52.6 Å². The monoisotopic (exact) mass is 327 g/mol. The molecule has 0 aromatic carbocycles. The average molecular weight is 328 g/mol. The van der Waals surface area contributed by atoms with Gasteiger partial charge < -0.3 is 20.0 Å². The number of piperazine rings is 1. The Bertz CT molecular complexity index is 257. The maximum absolute atomic E-state index is 3.43. The molecule has 23 heavy (non-hydrogen) atoms. The van der Waals surface area contributed by atoms with Crippen LogP contribution in [0.5, 0.6) is 0 Å². The van der Waals surface area contributed by atoms with Crippen molar-refractivity contribution in [3.63, 3.8) is 0 Å². The van der Waals surface area contributed by atoms with Gasteiger partial charge in [0.15, 0.2) is 0 Å². The van der Waals surface area contributed by atoms with E-state index in [0.717, 1.165) is 19.6 Å². The molecule has 138 valence electrons. The minimum absolute atomic E-state index is 1.07. The Hall–Kier alpha value is -0.200. The van der Waals surface area contributed by atoms with E-state index in [9.17, 15) is 0 Å². The Kier molecular flexibility index (Phi) is 11.9. The number of rotatable bonds is 13. The number of nitrogens with one attached hydrogen (secondary N) is 1. The van der Waals surface area contributed by atoms with Gasteiger partial charge in [-0.25, -0.2) is 0 Å². The molecule has 5 nitrogen and oxygen atoms in total. The summed E-state index contributed by atoms with van der Waals surface area (Å²) in [6, 6.07) is 0. The topological polar surface area (TPSA) is 25.0 Å². The Labute approximate surface area is 145 Å². The summed E-state index contributed by atoms with van der Waals surface area (Å²) in [7, 11) is 0. The van der Waals surface area contributed by atoms with Crippen LogP contribution in [-0.2, 0) is 0 Å². The highest BCUT2D eigenvalue weighted by Crippen LogP contribution is 2.01. The molecule has 1 rings (SSSR count). The van der Waals surface area contributed by atoms with Crippen molar-refractivity contribution in [1.82, 2.24) is 24.9 Å². The first-order valence-corrected chi connectivity index (χ1v) is 9.83. The molecule has 0 spiro atoms. The van der Waals surface area contributed by atoms with Crippen LogP contribution in [0.15, 0.2) is 0 Å². The number of nitrogens with zero attached hydrogens (tertiary/aromatic N) is 4. The predicted molar refractivity (Wildman–Crippen MR) is 101 cm³/mol. The second-order valence-corrected chi connectivity index (χ2v) is 6.50. The van der Waals surface area contributed by atoms with E-state index < -0.39 is 0 Å². The highest BCUT2D eigenvalue weighted by Gasteiger charge is 2.16. The van der Waals surface area contributed by atoms with Crippen LogP contribution in [0.25, 0.3) is 0 Å². The first-order chi connectivity index (χ1) is 11.2.